The number of hydrogen-bond donors (Lipinski definition) is 0. The molecular weight excluding hydrogens is 189 g/mol. The van der Waals surface area contributed by atoms with Gasteiger partial charge in [0.15, 0.2) is 0 Å². The summed E-state index contributed by atoms with van der Waals surface area (Å²) >= 11 is 0. The van der Waals surface area contributed by atoms with Crippen LogP contribution in [-0.2, 0) is 6.18 Å². The molecule has 0 saturated carbocycles. The van der Waals surface area contributed by atoms with Crippen molar-refractivity contribution in [2.45, 2.75) is 6.18 Å². The third kappa shape index (κ3) is 1.39. The maximum Gasteiger partial charge on any atom is 0.417 e. The van der Waals surface area contributed by atoms with Crippen LogP contribution < -0.4 is 10.4 Å². The molecule has 0 aromatic heterocycles. The van der Waals surface area contributed by atoms with Crippen molar-refractivity contribution >= 4 is 11.5 Å². The molecule has 14 heavy (non-hydrogen) atoms. The highest BCUT2D eigenvalue weighted by molar-refractivity contribution is 5.43. The summed E-state index contributed by atoms with van der Waals surface area (Å²) in [7, 11) is 0. The molecule has 0 heterocycles. The molecule has 0 saturated heterocycles. The minimum atomic E-state index is -4.33. The summed E-state index contributed by atoms with van der Waals surface area (Å²) in [6, 6.07) is 4.00. The standard InChI is InChI=1S/C11H5F3/c12-11(13,14)10-7-3-5-8-4-1-2-6-9(8)10/h1-3,5,7H. The van der Waals surface area contributed by atoms with Gasteiger partial charge in [-0.05, 0) is 24.3 Å². The molecule has 0 spiro atoms. The van der Waals surface area contributed by atoms with Gasteiger partial charge in [-0.15, -0.1) is 11.5 Å². The average Bonchev–Trinajstić information content (AvgIpc) is 2.15. The van der Waals surface area contributed by atoms with E-state index in [-0.39, 0.29) is 5.22 Å². The Hall–Kier alpha value is -1.69. The first kappa shape index (κ1) is 8.89. The zero-order valence-electron chi connectivity index (χ0n) is 7.02. The lowest BCUT2D eigenvalue weighted by molar-refractivity contribution is -0.138. The van der Waals surface area contributed by atoms with Gasteiger partial charge in [-0.1, -0.05) is 6.07 Å². The summed E-state index contributed by atoms with van der Waals surface area (Å²) < 4.78 is 37.5. The van der Waals surface area contributed by atoms with E-state index in [2.05, 4.69) is 11.5 Å². The first-order chi connectivity index (χ1) is 6.59. The van der Waals surface area contributed by atoms with E-state index in [9.17, 15) is 13.2 Å². The van der Waals surface area contributed by atoms with Gasteiger partial charge >= 0.3 is 6.18 Å². The Morgan fingerprint density at radius 1 is 1.00 bits per heavy atom. The Bertz CT molecular complexity index is 551. The van der Waals surface area contributed by atoms with E-state index in [4.69, 9.17) is 0 Å². The molecule has 3 heteroatoms. The lowest BCUT2D eigenvalue weighted by Crippen LogP contribution is -2.31. The van der Waals surface area contributed by atoms with Gasteiger partial charge in [-0.3, -0.25) is 0 Å². The van der Waals surface area contributed by atoms with Crippen molar-refractivity contribution in [1.29, 1.82) is 0 Å². The lowest BCUT2D eigenvalue weighted by Gasteiger charge is -2.06. The molecule has 1 aromatic carbocycles. The molecule has 0 bridgehead atoms. The van der Waals surface area contributed by atoms with Crippen LogP contribution in [0.1, 0.15) is 5.56 Å². The Kier molecular flexibility index (Phi) is 1.85. The van der Waals surface area contributed by atoms with E-state index in [1.165, 1.54) is 12.1 Å². The van der Waals surface area contributed by atoms with Crippen molar-refractivity contribution in [3.8, 4) is 0 Å². The molecule has 0 aliphatic heterocycles. The fourth-order valence-electron chi connectivity index (χ4n) is 1.32. The number of rotatable bonds is 0. The molecule has 0 fully saturated rings. The smallest absolute Gasteiger partial charge is 0.166 e. The predicted octanol–water partition coefficient (Wildman–Crippen LogP) is 1.59. The minimum absolute atomic E-state index is 0.0718. The summed E-state index contributed by atoms with van der Waals surface area (Å²) in [6.45, 7) is 0. The summed E-state index contributed by atoms with van der Waals surface area (Å²) in [5.74, 6) is 0. The van der Waals surface area contributed by atoms with Crippen molar-refractivity contribution in [2.75, 3.05) is 0 Å². The van der Waals surface area contributed by atoms with Gasteiger partial charge in [0, 0.05) is 10.4 Å². The van der Waals surface area contributed by atoms with E-state index in [1.54, 1.807) is 12.1 Å². The fourth-order valence-corrected chi connectivity index (χ4v) is 1.32. The Labute approximate surface area is 78.0 Å². The Morgan fingerprint density at radius 3 is 2.43 bits per heavy atom. The number of allylic oxidation sites excluding steroid dienone is 2. The molecule has 0 radical (unpaired) electrons. The maximum atomic E-state index is 12.5. The quantitative estimate of drug-likeness (QED) is 0.588. The first-order valence-electron chi connectivity index (χ1n) is 3.97. The highest BCUT2D eigenvalue weighted by Gasteiger charge is 2.31. The normalized spacial score (nSPS) is 13.1. The van der Waals surface area contributed by atoms with Crippen LogP contribution in [0.2, 0.25) is 0 Å². The topological polar surface area (TPSA) is 0 Å². The molecule has 1 aliphatic rings. The van der Waals surface area contributed by atoms with E-state index >= 15 is 0 Å². The maximum absolute atomic E-state index is 12.5. The van der Waals surface area contributed by atoms with Crippen LogP contribution in [0, 0.1) is 0 Å². The minimum Gasteiger partial charge on any atom is -0.166 e. The summed E-state index contributed by atoms with van der Waals surface area (Å²) in [5.41, 5.74) is 4.65. The van der Waals surface area contributed by atoms with Crippen LogP contribution in [0.25, 0.3) is 11.5 Å². The third-order valence-electron chi connectivity index (χ3n) is 1.92. The highest BCUT2D eigenvalue weighted by atomic mass is 19.4. The molecule has 2 rings (SSSR count). The first-order valence-corrected chi connectivity index (χ1v) is 3.97. The molecule has 70 valence electrons. The second-order valence-electron chi connectivity index (χ2n) is 2.85. The zero-order chi connectivity index (χ0) is 10.2. The fraction of sp³-hybridized carbons (Fsp3) is 0.0909. The summed E-state index contributed by atoms with van der Waals surface area (Å²) in [5, 5.41) is 0.504. The van der Waals surface area contributed by atoms with E-state index in [0.29, 0.717) is 5.22 Å². The van der Waals surface area contributed by atoms with Gasteiger partial charge in [0.2, 0.25) is 0 Å². The van der Waals surface area contributed by atoms with Crippen molar-refractivity contribution in [3.05, 3.63) is 46.4 Å². The van der Waals surface area contributed by atoms with E-state index in [1.807, 2.05) is 0 Å². The number of alkyl halides is 3. The highest BCUT2D eigenvalue weighted by Crippen LogP contribution is 2.25. The molecular formula is C11H5F3. The summed E-state index contributed by atoms with van der Waals surface area (Å²) in [6.07, 6.45) is -1.36. The van der Waals surface area contributed by atoms with Crippen molar-refractivity contribution < 1.29 is 13.2 Å². The van der Waals surface area contributed by atoms with Crippen LogP contribution in [0.4, 0.5) is 13.2 Å². The van der Waals surface area contributed by atoms with Crippen LogP contribution in [0.5, 0.6) is 0 Å². The van der Waals surface area contributed by atoms with Crippen molar-refractivity contribution in [1.82, 2.24) is 0 Å². The molecule has 1 aliphatic carbocycles. The molecule has 0 N–H and O–H groups in total. The van der Waals surface area contributed by atoms with Gasteiger partial charge in [0.25, 0.3) is 0 Å². The van der Waals surface area contributed by atoms with Gasteiger partial charge in [-0.2, -0.15) is 13.2 Å². The number of fused-ring (bicyclic) bond motifs is 1. The monoisotopic (exact) mass is 194 g/mol. The lowest BCUT2D eigenvalue weighted by atomic mass is 10.1. The average molecular weight is 194 g/mol. The number of benzene rings is 1. The molecule has 0 unspecified atom stereocenters. The third-order valence-corrected chi connectivity index (χ3v) is 1.92. The molecule has 1 aromatic rings. The Balaban J connectivity index is 2.93. The van der Waals surface area contributed by atoms with Gasteiger partial charge in [-0.25, -0.2) is 0 Å². The van der Waals surface area contributed by atoms with Crippen LogP contribution >= 0.6 is 0 Å². The van der Waals surface area contributed by atoms with E-state index < -0.39 is 11.7 Å². The van der Waals surface area contributed by atoms with Crippen molar-refractivity contribution in [3.63, 3.8) is 0 Å². The SMILES string of the molecule is FC(F)(F)c1cccc2c1=C=CC=C=2. The zero-order valence-corrected chi connectivity index (χ0v) is 7.02. The second-order valence-corrected chi connectivity index (χ2v) is 2.85. The van der Waals surface area contributed by atoms with E-state index in [0.717, 1.165) is 6.07 Å². The predicted molar refractivity (Wildman–Crippen MR) is 46.7 cm³/mol. The second kappa shape index (κ2) is 2.91. The molecule has 0 nitrogen and oxygen atoms in total. The van der Waals surface area contributed by atoms with Crippen LogP contribution in [0.15, 0.2) is 30.4 Å². The molecule has 0 atom stereocenters. The molecule has 0 amide bonds. The van der Waals surface area contributed by atoms with Gasteiger partial charge in [0.05, 0.1) is 5.56 Å². The Morgan fingerprint density at radius 2 is 1.71 bits per heavy atom. The summed E-state index contributed by atoms with van der Waals surface area (Å²) in [4.78, 5) is 0. The van der Waals surface area contributed by atoms with Gasteiger partial charge < -0.3 is 0 Å². The largest absolute Gasteiger partial charge is 0.417 e. The van der Waals surface area contributed by atoms with Crippen molar-refractivity contribution in [2.24, 2.45) is 0 Å². The van der Waals surface area contributed by atoms with Gasteiger partial charge in [0.1, 0.15) is 0 Å². The number of hydrogen-bond acceptors (Lipinski definition) is 0. The number of halogens is 3. The van der Waals surface area contributed by atoms with Crippen LogP contribution in [0.3, 0.4) is 0 Å². The van der Waals surface area contributed by atoms with Crippen LogP contribution in [-0.4, -0.2) is 0 Å².